The van der Waals surface area contributed by atoms with Crippen LogP contribution in [0.15, 0.2) is 24.3 Å². The van der Waals surface area contributed by atoms with E-state index in [4.69, 9.17) is 4.74 Å². The molecule has 1 aromatic carbocycles. The van der Waals surface area contributed by atoms with Crippen molar-refractivity contribution in [2.45, 2.75) is 40.0 Å². The second kappa shape index (κ2) is 9.29. The largest absolute Gasteiger partial charge is 0.459 e. The molecule has 0 radical (unpaired) electrons. The number of alkyl halides is 3. The van der Waals surface area contributed by atoms with Crippen LogP contribution in [0.3, 0.4) is 0 Å². The number of esters is 1. The lowest BCUT2D eigenvalue weighted by Crippen LogP contribution is -2.50. The minimum Gasteiger partial charge on any atom is -0.459 e. The molecule has 3 rings (SSSR count). The summed E-state index contributed by atoms with van der Waals surface area (Å²) in [7, 11) is 0. The van der Waals surface area contributed by atoms with Crippen LogP contribution in [0.1, 0.15) is 61.9 Å². The van der Waals surface area contributed by atoms with E-state index in [9.17, 15) is 27.6 Å². The molecule has 1 aliphatic rings. The van der Waals surface area contributed by atoms with Crippen LogP contribution in [0.2, 0.25) is 0 Å². The van der Waals surface area contributed by atoms with Gasteiger partial charge in [0.1, 0.15) is 5.69 Å². The van der Waals surface area contributed by atoms with Crippen LogP contribution < -0.4 is 0 Å². The molecule has 10 heteroatoms. The Bertz CT molecular complexity index is 1050. The molecule has 33 heavy (non-hydrogen) atoms. The first-order valence-electron chi connectivity index (χ1n) is 10.6. The molecule has 0 aliphatic carbocycles. The Hall–Kier alpha value is -3.30. The average Bonchev–Trinajstić information content (AvgIpc) is 3.05. The lowest BCUT2D eigenvalue weighted by atomic mass is 10.1. The van der Waals surface area contributed by atoms with E-state index in [1.54, 1.807) is 32.6 Å². The van der Waals surface area contributed by atoms with Crippen LogP contribution in [0.25, 0.3) is 0 Å². The van der Waals surface area contributed by atoms with E-state index in [0.717, 1.165) is 24.3 Å². The van der Waals surface area contributed by atoms with Gasteiger partial charge in [0.2, 0.25) is 0 Å². The lowest BCUT2D eigenvalue weighted by Gasteiger charge is -2.34. The van der Waals surface area contributed by atoms with Crippen molar-refractivity contribution in [3.8, 4) is 0 Å². The maximum Gasteiger partial charge on any atom is 0.416 e. The summed E-state index contributed by atoms with van der Waals surface area (Å²) in [6.07, 6.45) is -4.76. The molecule has 1 N–H and O–H groups in total. The summed E-state index contributed by atoms with van der Waals surface area (Å²) < 4.78 is 43.4. The number of aryl methyl sites for hydroxylation is 1. The van der Waals surface area contributed by atoms with Gasteiger partial charge in [0.15, 0.2) is 0 Å². The number of hydrogen-bond donors (Lipinski definition) is 1. The van der Waals surface area contributed by atoms with Crippen LogP contribution in [-0.2, 0) is 10.9 Å². The molecular weight excluding hydrogens is 439 g/mol. The minimum atomic E-state index is -4.47. The molecule has 2 amide bonds. The number of benzene rings is 1. The maximum absolute atomic E-state index is 13.0. The normalized spacial score (nSPS) is 14.5. The number of carbonyl (C=O) groups is 3. The van der Waals surface area contributed by atoms with Gasteiger partial charge in [-0.25, -0.2) is 4.79 Å². The molecule has 0 unspecified atom stereocenters. The summed E-state index contributed by atoms with van der Waals surface area (Å²) in [5, 5.41) is 0. The summed E-state index contributed by atoms with van der Waals surface area (Å²) in [5.74, 6) is -1.18. The van der Waals surface area contributed by atoms with Gasteiger partial charge in [-0.2, -0.15) is 13.2 Å². The van der Waals surface area contributed by atoms with Crippen molar-refractivity contribution >= 4 is 17.8 Å². The van der Waals surface area contributed by atoms with Crippen LogP contribution >= 0.6 is 0 Å². The fraction of sp³-hybridized carbons (Fsp3) is 0.435. The van der Waals surface area contributed by atoms with Crippen LogP contribution in [0.4, 0.5) is 13.2 Å². The molecule has 7 nitrogen and oxygen atoms in total. The minimum absolute atomic E-state index is 0.159. The second-order valence-corrected chi connectivity index (χ2v) is 8.24. The number of H-pyrrole nitrogens is 1. The van der Waals surface area contributed by atoms with E-state index in [1.807, 2.05) is 0 Å². The van der Waals surface area contributed by atoms with Crippen molar-refractivity contribution in [3.05, 3.63) is 57.9 Å². The van der Waals surface area contributed by atoms with E-state index >= 15 is 0 Å². The number of hydrogen-bond acceptors (Lipinski definition) is 4. The van der Waals surface area contributed by atoms with Gasteiger partial charge in [0, 0.05) is 37.4 Å². The number of piperazine rings is 1. The molecule has 178 valence electrons. The number of halogens is 3. The van der Waals surface area contributed by atoms with Crippen LogP contribution in [-0.4, -0.2) is 64.9 Å². The monoisotopic (exact) mass is 465 g/mol. The Labute approximate surface area is 189 Å². The van der Waals surface area contributed by atoms with Crippen molar-refractivity contribution in [2.75, 3.05) is 26.2 Å². The first kappa shape index (κ1) is 24.3. The first-order valence-corrected chi connectivity index (χ1v) is 10.6. The van der Waals surface area contributed by atoms with E-state index in [0.29, 0.717) is 22.5 Å². The van der Waals surface area contributed by atoms with Crippen LogP contribution in [0.5, 0.6) is 0 Å². The van der Waals surface area contributed by atoms with Gasteiger partial charge >= 0.3 is 12.1 Å². The number of nitrogens with zero attached hydrogens (tertiary/aromatic N) is 2. The van der Waals surface area contributed by atoms with Gasteiger partial charge in [-0.3, -0.25) is 9.59 Å². The highest BCUT2D eigenvalue weighted by atomic mass is 19.4. The standard InChI is InChI=1S/C23H26F3N3O4/c1-13(2)33-22(32)18-14(3)19(27-15(18)4)21(31)29-11-9-28(10-12-29)20(30)16-5-7-17(8-6-16)23(24,25)26/h5-8,13,27H,9-12H2,1-4H3. The zero-order valence-electron chi connectivity index (χ0n) is 18.9. The van der Waals surface area contributed by atoms with Gasteiger partial charge in [-0.15, -0.1) is 0 Å². The molecule has 0 spiro atoms. The predicted molar refractivity (Wildman–Crippen MR) is 114 cm³/mol. The van der Waals surface area contributed by atoms with Gasteiger partial charge in [-0.05, 0) is 57.5 Å². The Morgan fingerprint density at radius 1 is 0.939 bits per heavy atom. The third-order valence-corrected chi connectivity index (χ3v) is 5.51. The number of carbonyl (C=O) groups excluding carboxylic acids is 3. The average molecular weight is 465 g/mol. The number of aromatic amines is 1. The van der Waals surface area contributed by atoms with Crippen molar-refractivity contribution < 1.29 is 32.3 Å². The Morgan fingerprint density at radius 2 is 1.45 bits per heavy atom. The highest BCUT2D eigenvalue weighted by molar-refractivity contribution is 6.01. The third-order valence-electron chi connectivity index (χ3n) is 5.51. The Morgan fingerprint density at radius 3 is 1.94 bits per heavy atom. The molecule has 1 saturated heterocycles. The highest BCUT2D eigenvalue weighted by Crippen LogP contribution is 2.29. The predicted octanol–water partition coefficient (Wildman–Crippen LogP) is 3.81. The SMILES string of the molecule is Cc1[nH]c(C(=O)N2CCN(C(=O)c3ccc(C(F)(F)F)cc3)CC2)c(C)c1C(=O)OC(C)C. The first-order chi connectivity index (χ1) is 15.4. The molecule has 0 bridgehead atoms. The van der Waals surface area contributed by atoms with Crippen molar-refractivity contribution in [1.29, 1.82) is 0 Å². The second-order valence-electron chi connectivity index (χ2n) is 8.24. The van der Waals surface area contributed by atoms with Gasteiger partial charge in [-0.1, -0.05) is 0 Å². The molecule has 1 aromatic heterocycles. The van der Waals surface area contributed by atoms with E-state index in [-0.39, 0.29) is 49.7 Å². The van der Waals surface area contributed by atoms with Gasteiger partial charge < -0.3 is 19.5 Å². The Balaban J connectivity index is 1.66. The molecule has 2 heterocycles. The highest BCUT2D eigenvalue weighted by Gasteiger charge is 2.32. The van der Waals surface area contributed by atoms with E-state index in [2.05, 4.69) is 4.98 Å². The van der Waals surface area contributed by atoms with Crippen molar-refractivity contribution in [1.82, 2.24) is 14.8 Å². The molecule has 0 saturated carbocycles. The van der Waals surface area contributed by atoms with E-state index in [1.165, 1.54) is 4.90 Å². The molecule has 2 aromatic rings. The molecule has 1 fully saturated rings. The number of ether oxygens (including phenoxy) is 1. The van der Waals surface area contributed by atoms with E-state index < -0.39 is 17.7 Å². The van der Waals surface area contributed by atoms with Crippen molar-refractivity contribution in [3.63, 3.8) is 0 Å². The third kappa shape index (κ3) is 5.20. The van der Waals surface area contributed by atoms with Crippen molar-refractivity contribution in [2.24, 2.45) is 0 Å². The number of rotatable bonds is 4. The maximum atomic E-state index is 13.0. The van der Waals surface area contributed by atoms with Gasteiger partial charge in [0.05, 0.1) is 17.2 Å². The fourth-order valence-corrected chi connectivity index (χ4v) is 3.80. The van der Waals surface area contributed by atoms with Crippen LogP contribution in [0, 0.1) is 13.8 Å². The quantitative estimate of drug-likeness (QED) is 0.696. The zero-order chi connectivity index (χ0) is 24.5. The topological polar surface area (TPSA) is 82.7 Å². The molecular formula is C23H26F3N3O4. The zero-order valence-corrected chi connectivity index (χ0v) is 18.9. The lowest BCUT2D eigenvalue weighted by molar-refractivity contribution is -0.137. The molecule has 1 aliphatic heterocycles. The summed E-state index contributed by atoms with van der Waals surface area (Å²) in [6.45, 7) is 7.86. The summed E-state index contributed by atoms with van der Waals surface area (Å²) in [5.41, 5.74) is 1.02. The molecule has 0 atom stereocenters. The summed E-state index contributed by atoms with van der Waals surface area (Å²) in [6, 6.07) is 4.08. The van der Waals surface area contributed by atoms with Gasteiger partial charge in [0.25, 0.3) is 11.8 Å². The smallest absolute Gasteiger partial charge is 0.416 e. The number of nitrogens with one attached hydrogen (secondary N) is 1. The number of aromatic nitrogens is 1. The summed E-state index contributed by atoms with van der Waals surface area (Å²) in [4.78, 5) is 44.1. The summed E-state index contributed by atoms with van der Waals surface area (Å²) >= 11 is 0. The Kier molecular flexibility index (Phi) is 6.85. The number of amides is 2. The fourth-order valence-electron chi connectivity index (χ4n) is 3.80.